The van der Waals surface area contributed by atoms with Gasteiger partial charge in [0.15, 0.2) is 0 Å². The second-order valence-electron chi connectivity index (χ2n) is 5.76. The van der Waals surface area contributed by atoms with E-state index in [-0.39, 0.29) is 12.0 Å². The molecule has 0 aliphatic heterocycles. The lowest BCUT2D eigenvalue weighted by Crippen LogP contribution is -2.42. The number of aromatic nitrogens is 4. The topological polar surface area (TPSA) is 111 Å². The van der Waals surface area contributed by atoms with E-state index >= 15 is 0 Å². The van der Waals surface area contributed by atoms with E-state index in [2.05, 4.69) is 25.9 Å². The Bertz CT molecular complexity index is 1030. The molecule has 0 aliphatic rings. The Kier molecular flexibility index (Phi) is 5.22. The molecule has 0 fully saturated rings. The molecular formula is C17H17ClN6O3. The van der Waals surface area contributed by atoms with Gasteiger partial charge in [-0.3, -0.25) is 20.4 Å². The lowest BCUT2D eigenvalue weighted by Gasteiger charge is -2.12. The number of nitrogens with one attached hydrogen (secondary N) is 2. The molecule has 0 aliphatic carbocycles. The second-order valence-corrected chi connectivity index (χ2v) is 6.19. The van der Waals surface area contributed by atoms with Gasteiger partial charge in [0, 0.05) is 22.0 Å². The Morgan fingerprint density at radius 1 is 1.26 bits per heavy atom. The first-order valence-electron chi connectivity index (χ1n) is 7.99. The van der Waals surface area contributed by atoms with Crippen molar-refractivity contribution in [2.45, 2.75) is 20.3 Å². The molecule has 0 spiro atoms. The molecule has 2 amide bonds. The van der Waals surface area contributed by atoms with E-state index in [1.54, 1.807) is 23.6 Å². The number of hydrazine groups is 1. The van der Waals surface area contributed by atoms with Crippen LogP contribution in [0.5, 0.6) is 5.75 Å². The average Bonchev–Trinajstić information content (AvgIpc) is 3.11. The summed E-state index contributed by atoms with van der Waals surface area (Å²) in [6.07, 6.45) is 1.42. The highest BCUT2D eigenvalue weighted by Gasteiger charge is 2.17. The number of rotatable bonds is 4. The Hall–Kier alpha value is -3.20. The molecular weight excluding hydrogens is 372 g/mol. The summed E-state index contributed by atoms with van der Waals surface area (Å²) in [6.45, 7) is 3.62. The van der Waals surface area contributed by atoms with Gasteiger partial charge in [-0.1, -0.05) is 11.6 Å². The van der Waals surface area contributed by atoms with Crippen molar-refractivity contribution in [2.75, 3.05) is 7.11 Å². The lowest BCUT2D eigenvalue weighted by atomic mass is 10.1. The fourth-order valence-electron chi connectivity index (χ4n) is 2.67. The number of nitrogens with zero attached hydrogens (tertiary/aromatic N) is 4. The van der Waals surface area contributed by atoms with E-state index in [4.69, 9.17) is 16.3 Å². The minimum Gasteiger partial charge on any atom is -0.496 e. The van der Waals surface area contributed by atoms with Crippen molar-refractivity contribution in [3.63, 3.8) is 0 Å². The largest absolute Gasteiger partial charge is 0.496 e. The highest BCUT2D eigenvalue weighted by molar-refractivity contribution is 6.31. The number of hydrogen-bond acceptors (Lipinski definition) is 6. The van der Waals surface area contributed by atoms with Gasteiger partial charge in [-0.25, -0.2) is 9.50 Å². The van der Waals surface area contributed by atoms with E-state index in [1.165, 1.54) is 19.5 Å². The number of benzene rings is 1. The van der Waals surface area contributed by atoms with Crippen LogP contribution in [0.3, 0.4) is 0 Å². The molecule has 140 valence electrons. The molecule has 1 aromatic carbocycles. The highest BCUT2D eigenvalue weighted by Crippen LogP contribution is 2.22. The van der Waals surface area contributed by atoms with Crippen LogP contribution < -0.4 is 15.6 Å². The van der Waals surface area contributed by atoms with Gasteiger partial charge in [0.25, 0.3) is 11.7 Å². The number of hydrogen-bond donors (Lipinski definition) is 2. The SMILES string of the molecule is COc1ccc(Cl)cc1C(=O)NNC(=O)Cc1c(C)nc2ncnn2c1C. The highest BCUT2D eigenvalue weighted by atomic mass is 35.5. The van der Waals surface area contributed by atoms with Crippen LogP contribution in [-0.2, 0) is 11.2 Å². The fraction of sp³-hybridized carbons (Fsp3) is 0.235. The smallest absolute Gasteiger partial charge is 0.273 e. The Morgan fingerprint density at radius 2 is 2.04 bits per heavy atom. The van der Waals surface area contributed by atoms with Crippen LogP contribution in [0.4, 0.5) is 0 Å². The van der Waals surface area contributed by atoms with Crippen LogP contribution in [0.15, 0.2) is 24.5 Å². The van der Waals surface area contributed by atoms with Crippen LogP contribution in [0.25, 0.3) is 5.78 Å². The van der Waals surface area contributed by atoms with Gasteiger partial charge in [-0.15, -0.1) is 0 Å². The summed E-state index contributed by atoms with van der Waals surface area (Å²) in [4.78, 5) is 33.0. The molecule has 0 saturated heterocycles. The third kappa shape index (κ3) is 3.82. The van der Waals surface area contributed by atoms with Gasteiger partial charge in [0.05, 0.1) is 19.1 Å². The molecule has 0 radical (unpaired) electrons. The minimum atomic E-state index is -0.541. The molecule has 0 bridgehead atoms. The average molecular weight is 389 g/mol. The maximum absolute atomic E-state index is 12.3. The van der Waals surface area contributed by atoms with Crippen LogP contribution in [0.2, 0.25) is 5.02 Å². The van der Waals surface area contributed by atoms with Crippen molar-refractivity contribution in [3.8, 4) is 5.75 Å². The van der Waals surface area contributed by atoms with Gasteiger partial charge in [-0.05, 0) is 32.0 Å². The number of amides is 2. The van der Waals surface area contributed by atoms with Crippen LogP contribution in [-0.4, -0.2) is 38.5 Å². The quantitative estimate of drug-likeness (QED) is 0.654. The van der Waals surface area contributed by atoms with Gasteiger partial charge in [0.1, 0.15) is 12.1 Å². The number of fused-ring (bicyclic) bond motifs is 1. The fourth-order valence-corrected chi connectivity index (χ4v) is 2.84. The summed E-state index contributed by atoms with van der Waals surface area (Å²) in [5.74, 6) is -0.132. The Labute approximate surface area is 159 Å². The maximum Gasteiger partial charge on any atom is 0.273 e. The van der Waals surface area contributed by atoms with Crippen LogP contribution >= 0.6 is 11.6 Å². The summed E-state index contributed by atoms with van der Waals surface area (Å²) in [5, 5.41) is 4.46. The molecule has 2 aromatic heterocycles. The monoisotopic (exact) mass is 388 g/mol. The third-order valence-corrected chi connectivity index (χ3v) is 4.28. The summed E-state index contributed by atoms with van der Waals surface area (Å²) in [5.41, 5.74) is 7.10. The number of halogens is 1. The molecule has 3 rings (SSSR count). The zero-order valence-electron chi connectivity index (χ0n) is 14.9. The molecule has 0 saturated carbocycles. The van der Waals surface area contributed by atoms with Gasteiger partial charge in [-0.2, -0.15) is 10.1 Å². The first-order chi connectivity index (χ1) is 12.9. The number of methoxy groups -OCH3 is 1. The molecule has 0 unspecified atom stereocenters. The Balaban J connectivity index is 1.70. The van der Waals surface area contributed by atoms with Crippen molar-refractivity contribution in [1.29, 1.82) is 0 Å². The predicted octanol–water partition coefficient (Wildman–Crippen LogP) is 1.41. The van der Waals surface area contributed by atoms with Crippen molar-refractivity contribution < 1.29 is 14.3 Å². The normalized spacial score (nSPS) is 10.7. The number of ether oxygens (including phenoxy) is 1. The van der Waals surface area contributed by atoms with Crippen LogP contribution in [0.1, 0.15) is 27.3 Å². The minimum absolute atomic E-state index is 0.0213. The molecule has 10 heteroatoms. The second kappa shape index (κ2) is 7.58. The summed E-state index contributed by atoms with van der Waals surface area (Å²) < 4.78 is 6.69. The summed E-state index contributed by atoms with van der Waals surface area (Å²) >= 11 is 5.92. The standard InChI is InChI=1S/C17H17ClN6O3/c1-9-12(10(2)24-17(21-9)19-8-20-24)7-15(25)22-23-16(26)13-6-11(18)4-5-14(13)27-3/h4-6,8H,7H2,1-3H3,(H,22,25)(H,23,26). The van der Waals surface area contributed by atoms with Crippen molar-refractivity contribution >= 4 is 29.2 Å². The van der Waals surface area contributed by atoms with E-state index in [1.807, 2.05) is 6.92 Å². The first-order valence-corrected chi connectivity index (χ1v) is 8.37. The molecule has 2 N–H and O–H groups in total. The van der Waals surface area contributed by atoms with E-state index in [0.717, 1.165) is 5.69 Å². The van der Waals surface area contributed by atoms with Crippen molar-refractivity contribution in [3.05, 3.63) is 52.1 Å². The number of aryl methyl sites for hydroxylation is 2. The van der Waals surface area contributed by atoms with E-state index < -0.39 is 11.8 Å². The summed E-state index contributed by atoms with van der Waals surface area (Å²) in [7, 11) is 1.44. The number of carbonyl (C=O) groups is 2. The predicted molar refractivity (Wildman–Crippen MR) is 97.6 cm³/mol. The first kappa shape index (κ1) is 18.6. The van der Waals surface area contributed by atoms with E-state index in [0.29, 0.717) is 27.8 Å². The third-order valence-electron chi connectivity index (χ3n) is 4.05. The maximum atomic E-state index is 12.3. The molecule has 27 heavy (non-hydrogen) atoms. The number of carbonyl (C=O) groups excluding carboxylic acids is 2. The van der Waals surface area contributed by atoms with Crippen LogP contribution in [0, 0.1) is 13.8 Å². The van der Waals surface area contributed by atoms with Gasteiger partial charge >= 0.3 is 0 Å². The molecule has 0 atom stereocenters. The zero-order chi connectivity index (χ0) is 19.6. The lowest BCUT2D eigenvalue weighted by molar-refractivity contribution is -0.121. The molecule has 3 aromatic rings. The zero-order valence-corrected chi connectivity index (χ0v) is 15.7. The van der Waals surface area contributed by atoms with Crippen molar-refractivity contribution in [2.24, 2.45) is 0 Å². The molecule has 2 heterocycles. The summed E-state index contributed by atoms with van der Waals surface area (Å²) in [6, 6.07) is 4.64. The van der Waals surface area contributed by atoms with Gasteiger partial charge < -0.3 is 4.74 Å². The Morgan fingerprint density at radius 3 is 2.78 bits per heavy atom. The van der Waals surface area contributed by atoms with Crippen molar-refractivity contribution in [1.82, 2.24) is 30.4 Å². The van der Waals surface area contributed by atoms with E-state index in [9.17, 15) is 9.59 Å². The molecule has 9 nitrogen and oxygen atoms in total. The van der Waals surface area contributed by atoms with Gasteiger partial charge in [0.2, 0.25) is 5.91 Å².